The van der Waals surface area contributed by atoms with Crippen LogP contribution in [0.3, 0.4) is 0 Å². The number of anilines is 1. The first-order valence-electron chi connectivity index (χ1n) is 6.92. The number of morpholine rings is 1. The van der Waals surface area contributed by atoms with E-state index in [4.69, 9.17) is 4.74 Å². The van der Waals surface area contributed by atoms with Gasteiger partial charge in [-0.1, -0.05) is 0 Å². The van der Waals surface area contributed by atoms with E-state index in [1.807, 2.05) is 10.7 Å². The van der Waals surface area contributed by atoms with Crippen molar-refractivity contribution in [2.45, 2.75) is 31.9 Å². The number of aromatic nitrogens is 2. The van der Waals surface area contributed by atoms with Crippen molar-refractivity contribution in [3.8, 4) is 0 Å². The van der Waals surface area contributed by atoms with E-state index < -0.39 is 6.10 Å². The number of nitrogens with one attached hydrogen (secondary N) is 2. The average Bonchev–Trinajstić information content (AvgIpc) is 3.19. The van der Waals surface area contributed by atoms with E-state index in [-0.39, 0.29) is 5.91 Å². The van der Waals surface area contributed by atoms with Crippen molar-refractivity contribution < 1.29 is 9.53 Å². The normalized spacial score (nSPS) is 25.0. The van der Waals surface area contributed by atoms with Gasteiger partial charge in [-0.25, -0.2) is 4.68 Å². The maximum Gasteiger partial charge on any atom is 0.255 e. The number of ether oxygens (including phenoxy) is 1. The molecule has 0 radical (unpaired) electrons. The Balaban J connectivity index is 1.65. The Labute approximate surface area is 112 Å². The van der Waals surface area contributed by atoms with Gasteiger partial charge in [0.1, 0.15) is 11.9 Å². The molecule has 6 nitrogen and oxygen atoms in total. The van der Waals surface area contributed by atoms with Crippen molar-refractivity contribution in [1.82, 2.24) is 15.1 Å². The molecular formula is C13H20N4O2. The molecule has 1 aliphatic carbocycles. The maximum atomic E-state index is 12.1. The van der Waals surface area contributed by atoms with Crippen LogP contribution in [-0.4, -0.2) is 41.5 Å². The van der Waals surface area contributed by atoms with E-state index in [9.17, 15) is 4.79 Å². The molecule has 3 rings (SSSR count). The number of carbonyl (C=O) groups is 1. The fraction of sp³-hybridized carbons (Fsp3) is 0.692. The van der Waals surface area contributed by atoms with Crippen LogP contribution in [0.2, 0.25) is 0 Å². The van der Waals surface area contributed by atoms with Crippen LogP contribution in [0.1, 0.15) is 25.8 Å². The van der Waals surface area contributed by atoms with Crippen LogP contribution in [-0.2, 0) is 9.53 Å². The van der Waals surface area contributed by atoms with Gasteiger partial charge in [-0.05, 0) is 25.7 Å². The summed E-state index contributed by atoms with van der Waals surface area (Å²) in [6.07, 6.45) is 3.83. The number of hydrogen-bond donors (Lipinski definition) is 2. The monoisotopic (exact) mass is 264 g/mol. The highest BCUT2D eigenvalue weighted by molar-refractivity contribution is 5.93. The standard InChI is InChI=1S/C13H20N4O2/c1-9(10-2-3-10)17-12(4-5-15-17)16-13(18)11-8-14-6-7-19-11/h4-5,9-11,14H,2-3,6-8H2,1H3,(H,16,18)/t9-,11+/m1/s1. The van der Waals surface area contributed by atoms with Crippen molar-refractivity contribution in [2.24, 2.45) is 5.92 Å². The van der Waals surface area contributed by atoms with Crippen molar-refractivity contribution in [2.75, 3.05) is 25.0 Å². The van der Waals surface area contributed by atoms with Gasteiger partial charge in [0.15, 0.2) is 0 Å². The summed E-state index contributed by atoms with van der Waals surface area (Å²) >= 11 is 0. The highest BCUT2D eigenvalue weighted by Crippen LogP contribution is 2.40. The van der Waals surface area contributed by atoms with Crippen LogP contribution >= 0.6 is 0 Å². The SMILES string of the molecule is C[C@H](C1CC1)n1nccc1NC(=O)[C@@H]1CNCCO1. The maximum absolute atomic E-state index is 12.1. The zero-order chi connectivity index (χ0) is 13.2. The van der Waals surface area contributed by atoms with E-state index >= 15 is 0 Å². The summed E-state index contributed by atoms with van der Waals surface area (Å²) in [5, 5.41) is 10.4. The van der Waals surface area contributed by atoms with Gasteiger partial charge in [0.25, 0.3) is 5.91 Å². The number of rotatable bonds is 4. The lowest BCUT2D eigenvalue weighted by molar-refractivity contribution is -0.128. The zero-order valence-corrected chi connectivity index (χ0v) is 11.1. The molecule has 1 saturated carbocycles. The molecule has 2 heterocycles. The van der Waals surface area contributed by atoms with Crippen LogP contribution in [0, 0.1) is 5.92 Å². The predicted octanol–water partition coefficient (Wildman–Crippen LogP) is 0.781. The molecule has 2 aliphatic rings. The molecular weight excluding hydrogens is 244 g/mol. The quantitative estimate of drug-likeness (QED) is 0.843. The Bertz CT molecular complexity index is 449. The van der Waals surface area contributed by atoms with Crippen molar-refractivity contribution >= 4 is 11.7 Å². The third-order valence-electron chi connectivity index (χ3n) is 3.83. The Morgan fingerprint density at radius 2 is 2.47 bits per heavy atom. The minimum Gasteiger partial charge on any atom is -0.366 e. The van der Waals surface area contributed by atoms with Gasteiger partial charge in [0, 0.05) is 19.2 Å². The van der Waals surface area contributed by atoms with Crippen LogP contribution in [0.15, 0.2) is 12.3 Å². The number of carbonyl (C=O) groups excluding carboxylic acids is 1. The molecule has 19 heavy (non-hydrogen) atoms. The van der Waals surface area contributed by atoms with Crippen molar-refractivity contribution in [1.29, 1.82) is 0 Å². The van der Waals surface area contributed by atoms with Gasteiger partial charge in [-0.15, -0.1) is 0 Å². The second-order valence-electron chi connectivity index (χ2n) is 5.29. The molecule has 2 atom stereocenters. The molecule has 0 bridgehead atoms. The van der Waals surface area contributed by atoms with E-state index in [1.165, 1.54) is 12.8 Å². The summed E-state index contributed by atoms with van der Waals surface area (Å²) in [5.74, 6) is 1.36. The highest BCUT2D eigenvalue weighted by Gasteiger charge is 2.31. The molecule has 2 N–H and O–H groups in total. The first-order valence-corrected chi connectivity index (χ1v) is 6.92. The zero-order valence-electron chi connectivity index (χ0n) is 11.1. The van der Waals surface area contributed by atoms with E-state index in [0.29, 0.717) is 25.1 Å². The molecule has 2 fully saturated rings. The predicted molar refractivity (Wildman–Crippen MR) is 70.9 cm³/mol. The van der Waals surface area contributed by atoms with Crippen LogP contribution in [0.4, 0.5) is 5.82 Å². The Kier molecular flexibility index (Phi) is 3.52. The van der Waals surface area contributed by atoms with Crippen LogP contribution < -0.4 is 10.6 Å². The molecule has 1 aliphatic heterocycles. The average molecular weight is 264 g/mol. The molecule has 0 unspecified atom stereocenters. The largest absolute Gasteiger partial charge is 0.366 e. The van der Waals surface area contributed by atoms with Gasteiger partial charge < -0.3 is 15.4 Å². The van der Waals surface area contributed by atoms with E-state index in [1.54, 1.807) is 6.20 Å². The van der Waals surface area contributed by atoms with Gasteiger partial charge in [-0.2, -0.15) is 5.10 Å². The molecule has 6 heteroatoms. The number of hydrogen-bond acceptors (Lipinski definition) is 4. The Morgan fingerprint density at radius 1 is 1.63 bits per heavy atom. The lowest BCUT2D eigenvalue weighted by Crippen LogP contribution is -2.45. The summed E-state index contributed by atoms with van der Waals surface area (Å²) in [7, 11) is 0. The molecule has 104 valence electrons. The first-order chi connectivity index (χ1) is 9.25. The summed E-state index contributed by atoms with van der Waals surface area (Å²) in [6.45, 7) is 4.10. The van der Waals surface area contributed by atoms with Gasteiger partial charge in [0.05, 0.1) is 18.8 Å². The lowest BCUT2D eigenvalue weighted by atomic mass is 10.2. The Hall–Kier alpha value is -1.40. The second kappa shape index (κ2) is 5.30. The highest BCUT2D eigenvalue weighted by atomic mass is 16.5. The molecule has 0 spiro atoms. The molecule has 1 saturated heterocycles. The van der Waals surface area contributed by atoms with Crippen molar-refractivity contribution in [3.63, 3.8) is 0 Å². The van der Waals surface area contributed by atoms with Gasteiger partial charge in [0.2, 0.25) is 0 Å². The third kappa shape index (κ3) is 2.79. The van der Waals surface area contributed by atoms with Crippen LogP contribution in [0.25, 0.3) is 0 Å². The summed E-state index contributed by atoms with van der Waals surface area (Å²) in [5.41, 5.74) is 0. The van der Waals surface area contributed by atoms with Gasteiger partial charge >= 0.3 is 0 Å². The van der Waals surface area contributed by atoms with E-state index in [2.05, 4.69) is 22.7 Å². The van der Waals surface area contributed by atoms with E-state index in [0.717, 1.165) is 12.4 Å². The minimum absolute atomic E-state index is 0.100. The number of amides is 1. The summed E-state index contributed by atoms with van der Waals surface area (Å²) in [4.78, 5) is 12.1. The third-order valence-corrected chi connectivity index (χ3v) is 3.83. The molecule has 1 aromatic rings. The molecule has 1 amide bonds. The Morgan fingerprint density at radius 3 is 3.16 bits per heavy atom. The smallest absolute Gasteiger partial charge is 0.255 e. The second-order valence-corrected chi connectivity index (χ2v) is 5.29. The van der Waals surface area contributed by atoms with Gasteiger partial charge in [-0.3, -0.25) is 4.79 Å². The van der Waals surface area contributed by atoms with Crippen molar-refractivity contribution in [3.05, 3.63) is 12.3 Å². The fourth-order valence-electron chi connectivity index (χ4n) is 2.46. The minimum atomic E-state index is -0.409. The summed E-state index contributed by atoms with van der Waals surface area (Å²) < 4.78 is 7.35. The van der Waals surface area contributed by atoms with Crippen LogP contribution in [0.5, 0.6) is 0 Å². The summed E-state index contributed by atoms with van der Waals surface area (Å²) in [6, 6.07) is 2.18. The lowest BCUT2D eigenvalue weighted by Gasteiger charge is -2.23. The fourth-order valence-corrected chi connectivity index (χ4v) is 2.46. The topological polar surface area (TPSA) is 68.2 Å². The number of nitrogens with zero attached hydrogens (tertiary/aromatic N) is 2. The molecule has 0 aromatic carbocycles. The first kappa shape index (κ1) is 12.6. The molecule has 1 aromatic heterocycles.